The van der Waals surface area contributed by atoms with Gasteiger partial charge in [0.2, 0.25) is 5.91 Å². The number of phenolic OH excluding ortho intramolecular Hbond substituents is 1. The second kappa shape index (κ2) is 6.59. The van der Waals surface area contributed by atoms with Gasteiger partial charge < -0.3 is 16.2 Å². The van der Waals surface area contributed by atoms with E-state index in [9.17, 15) is 9.90 Å². The Bertz CT molecular complexity index is 638. The normalized spacial score (nSPS) is 12.6. The molecule has 1 unspecified atom stereocenters. The van der Waals surface area contributed by atoms with Crippen LogP contribution in [-0.2, 0) is 4.79 Å². The molecule has 0 spiro atoms. The van der Waals surface area contributed by atoms with Crippen molar-refractivity contribution < 1.29 is 9.90 Å². The van der Waals surface area contributed by atoms with Crippen LogP contribution in [0.2, 0.25) is 0 Å². The highest BCUT2D eigenvalue weighted by molar-refractivity contribution is 6.04. The predicted molar refractivity (Wildman–Crippen MR) is 86.2 cm³/mol. The van der Waals surface area contributed by atoms with Crippen LogP contribution in [-0.4, -0.2) is 17.6 Å². The summed E-state index contributed by atoms with van der Waals surface area (Å²) in [7, 11) is 0. The van der Waals surface area contributed by atoms with Crippen LogP contribution in [0.4, 0.5) is 5.69 Å². The van der Waals surface area contributed by atoms with Gasteiger partial charge in [-0.1, -0.05) is 38.1 Å². The highest BCUT2D eigenvalue weighted by Gasteiger charge is 2.19. The quantitative estimate of drug-likeness (QED) is 0.790. The number of nitrogens with one attached hydrogen (secondary N) is 1. The fourth-order valence-electron chi connectivity index (χ4n) is 2.52. The van der Waals surface area contributed by atoms with Gasteiger partial charge in [0.25, 0.3) is 0 Å². The number of carbonyl (C=O) groups excluding carboxylic acids is 1. The number of phenols is 1. The summed E-state index contributed by atoms with van der Waals surface area (Å²) in [6, 6.07) is 10.8. The number of carbonyl (C=O) groups is 1. The molecule has 0 aliphatic carbocycles. The van der Waals surface area contributed by atoms with Crippen molar-refractivity contribution >= 4 is 22.4 Å². The van der Waals surface area contributed by atoms with Crippen molar-refractivity contribution in [2.24, 2.45) is 17.6 Å². The first-order chi connectivity index (χ1) is 10.0. The minimum Gasteiger partial charge on any atom is -0.507 e. The van der Waals surface area contributed by atoms with Crippen LogP contribution >= 0.6 is 0 Å². The maximum absolute atomic E-state index is 12.4. The number of hydrogen-bond acceptors (Lipinski definition) is 3. The molecule has 0 radical (unpaired) electrons. The molecule has 0 saturated carbocycles. The van der Waals surface area contributed by atoms with E-state index in [0.29, 0.717) is 18.2 Å². The van der Waals surface area contributed by atoms with Gasteiger partial charge >= 0.3 is 0 Å². The highest BCUT2D eigenvalue weighted by Crippen LogP contribution is 2.30. The molecule has 1 amide bonds. The average molecular weight is 286 g/mol. The lowest BCUT2D eigenvalue weighted by molar-refractivity contribution is -0.120. The van der Waals surface area contributed by atoms with E-state index < -0.39 is 0 Å². The third-order valence-corrected chi connectivity index (χ3v) is 3.57. The topological polar surface area (TPSA) is 75.4 Å². The number of amides is 1. The molecule has 1 atom stereocenters. The van der Waals surface area contributed by atoms with Gasteiger partial charge in [0.05, 0.1) is 5.92 Å². The molecule has 2 rings (SSSR count). The van der Waals surface area contributed by atoms with Gasteiger partial charge in [-0.3, -0.25) is 4.79 Å². The molecule has 0 heterocycles. The molecule has 0 saturated heterocycles. The van der Waals surface area contributed by atoms with Gasteiger partial charge in [0, 0.05) is 23.0 Å². The van der Waals surface area contributed by atoms with E-state index in [4.69, 9.17) is 5.73 Å². The molecule has 0 bridgehead atoms. The number of anilines is 1. The summed E-state index contributed by atoms with van der Waals surface area (Å²) in [6.07, 6.45) is 0.762. The largest absolute Gasteiger partial charge is 0.507 e. The summed E-state index contributed by atoms with van der Waals surface area (Å²) in [6.45, 7) is 4.48. The summed E-state index contributed by atoms with van der Waals surface area (Å²) >= 11 is 0. The Morgan fingerprint density at radius 3 is 2.52 bits per heavy atom. The Kier molecular flexibility index (Phi) is 4.81. The molecular weight excluding hydrogens is 264 g/mol. The van der Waals surface area contributed by atoms with Crippen molar-refractivity contribution in [2.75, 3.05) is 11.9 Å². The second-order valence-corrected chi connectivity index (χ2v) is 5.73. The summed E-state index contributed by atoms with van der Waals surface area (Å²) in [5.74, 6) is 0.363. The van der Waals surface area contributed by atoms with Gasteiger partial charge in [-0.2, -0.15) is 0 Å². The van der Waals surface area contributed by atoms with Crippen molar-refractivity contribution in [3.63, 3.8) is 0 Å². The summed E-state index contributed by atoms with van der Waals surface area (Å²) in [5, 5.41) is 14.4. The van der Waals surface area contributed by atoms with Gasteiger partial charge in [-0.15, -0.1) is 0 Å². The Morgan fingerprint density at radius 2 is 1.86 bits per heavy atom. The summed E-state index contributed by atoms with van der Waals surface area (Å²) in [5.41, 5.74) is 6.42. The molecular formula is C17H22N2O2. The van der Waals surface area contributed by atoms with E-state index in [1.54, 1.807) is 12.1 Å². The smallest absolute Gasteiger partial charge is 0.228 e. The number of benzene rings is 2. The van der Waals surface area contributed by atoms with Crippen LogP contribution in [0.15, 0.2) is 36.4 Å². The molecule has 2 aromatic carbocycles. The van der Waals surface area contributed by atoms with Crippen molar-refractivity contribution in [1.82, 2.24) is 0 Å². The fourth-order valence-corrected chi connectivity index (χ4v) is 2.52. The Hall–Kier alpha value is -2.07. The van der Waals surface area contributed by atoms with Crippen LogP contribution in [0, 0.1) is 11.8 Å². The van der Waals surface area contributed by atoms with Crippen LogP contribution in [0.25, 0.3) is 10.8 Å². The van der Waals surface area contributed by atoms with E-state index in [1.165, 1.54) is 0 Å². The number of rotatable bonds is 5. The number of aromatic hydroxyl groups is 1. The monoisotopic (exact) mass is 286 g/mol. The van der Waals surface area contributed by atoms with Gasteiger partial charge in [-0.05, 0) is 24.5 Å². The number of fused-ring (bicyclic) bond motifs is 1. The predicted octanol–water partition coefficient (Wildman–Crippen LogP) is 3.10. The van der Waals surface area contributed by atoms with Gasteiger partial charge in [-0.25, -0.2) is 0 Å². The lowest BCUT2D eigenvalue weighted by atomic mass is 9.96. The molecule has 21 heavy (non-hydrogen) atoms. The molecule has 4 heteroatoms. The van der Waals surface area contributed by atoms with Gasteiger partial charge in [0.15, 0.2) is 0 Å². The lowest BCUT2D eigenvalue weighted by Crippen LogP contribution is -2.30. The molecule has 4 nitrogen and oxygen atoms in total. The molecule has 0 aromatic heterocycles. The lowest BCUT2D eigenvalue weighted by Gasteiger charge is -2.17. The summed E-state index contributed by atoms with van der Waals surface area (Å²) < 4.78 is 0. The zero-order valence-corrected chi connectivity index (χ0v) is 12.5. The van der Waals surface area contributed by atoms with Crippen LogP contribution < -0.4 is 11.1 Å². The van der Waals surface area contributed by atoms with E-state index in [2.05, 4.69) is 19.2 Å². The fraction of sp³-hybridized carbons (Fsp3) is 0.353. The Morgan fingerprint density at radius 1 is 1.19 bits per heavy atom. The number of hydrogen-bond donors (Lipinski definition) is 3. The minimum atomic E-state index is -0.197. The van der Waals surface area contributed by atoms with Crippen molar-refractivity contribution in [3.05, 3.63) is 36.4 Å². The third-order valence-electron chi connectivity index (χ3n) is 3.57. The first-order valence-electron chi connectivity index (χ1n) is 7.24. The van der Waals surface area contributed by atoms with Crippen molar-refractivity contribution in [2.45, 2.75) is 20.3 Å². The standard InChI is InChI=1S/C17H22N2O2/c1-11(2)9-12(10-18)17(21)19-15-7-3-6-14-13(15)5-4-8-16(14)20/h3-8,11-12,20H,9-10,18H2,1-2H3,(H,19,21). The Balaban J connectivity index is 2.27. The molecule has 0 fully saturated rings. The maximum Gasteiger partial charge on any atom is 0.228 e. The zero-order chi connectivity index (χ0) is 15.4. The average Bonchev–Trinajstić information content (AvgIpc) is 2.45. The number of nitrogens with two attached hydrogens (primary N) is 1. The minimum absolute atomic E-state index is 0.0676. The van der Waals surface area contributed by atoms with E-state index >= 15 is 0 Å². The first kappa shape index (κ1) is 15.3. The summed E-state index contributed by atoms with van der Waals surface area (Å²) in [4.78, 5) is 12.4. The third kappa shape index (κ3) is 3.52. The van der Waals surface area contributed by atoms with Crippen LogP contribution in [0.5, 0.6) is 5.75 Å². The van der Waals surface area contributed by atoms with Crippen molar-refractivity contribution in [1.29, 1.82) is 0 Å². The van der Waals surface area contributed by atoms with Gasteiger partial charge in [0.1, 0.15) is 5.75 Å². The van der Waals surface area contributed by atoms with E-state index in [0.717, 1.165) is 17.2 Å². The highest BCUT2D eigenvalue weighted by atomic mass is 16.3. The zero-order valence-electron chi connectivity index (χ0n) is 12.5. The molecule has 0 aliphatic heterocycles. The van der Waals surface area contributed by atoms with E-state index in [1.807, 2.05) is 24.3 Å². The molecule has 0 aliphatic rings. The van der Waals surface area contributed by atoms with Crippen LogP contribution in [0.3, 0.4) is 0 Å². The van der Waals surface area contributed by atoms with Crippen molar-refractivity contribution in [3.8, 4) is 5.75 Å². The second-order valence-electron chi connectivity index (χ2n) is 5.73. The first-order valence-corrected chi connectivity index (χ1v) is 7.24. The molecule has 112 valence electrons. The SMILES string of the molecule is CC(C)CC(CN)C(=O)Nc1cccc2c(O)cccc12. The maximum atomic E-state index is 12.4. The Labute approximate surface area is 125 Å². The molecule has 2 aromatic rings. The van der Waals surface area contributed by atoms with Crippen LogP contribution in [0.1, 0.15) is 20.3 Å². The molecule has 4 N–H and O–H groups in total. The van der Waals surface area contributed by atoms with E-state index in [-0.39, 0.29) is 17.6 Å².